The van der Waals surface area contributed by atoms with Crippen molar-refractivity contribution in [2.24, 2.45) is 0 Å². The van der Waals surface area contributed by atoms with Crippen LogP contribution in [0.15, 0.2) is 53.1 Å². The van der Waals surface area contributed by atoms with E-state index >= 15 is 0 Å². The van der Waals surface area contributed by atoms with Crippen molar-refractivity contribution in [1.29, 1.82) is 0 Å². The van der Waals surface area contributed by atoms with Crippen LogP contribution in [0.4, 0.5) is 6.01 Å². The van der Waals surface area contributed by atoms with Crippen molar-refractivity contribution in [2.75, 3.05) is 31.1 Å². The standard InChI is InChI=1S/C20H22N4O2/c1-15(16-7-3-2-4-8-16)19(25)23-11-6-12-24(14-13-23)20-22-17-9-5-10-21-18(17)26-20/h2-5,7-10,15H,6,11-14H2,1H3. The number of pyridine rings is 1. The Bertz CT molecular complexity index is 860. The quantitative estimate of drug-likeness (QED) is 0.726. The van der Waals surface area contributed by atoms with E-state index in [-0.39, 0.29) is 11.8 Å². The van der Waals surface area contributed by atoms with Crippen LogP contribution in [-0.4, -0.2) is 47.0 Å². The van der Waals surface area contributed by atoms with E-state index in [2.05, 4.69) is 14.9 Å². The predicted molar refractivity (Wildman–Crippen MR) is 100 cm³/mol. The first-order valence-electron chi connectivity index (χ1n) is 9.02. The highest BCUT2D eigenvalue weighted by Crippen LogP contribution is 2.23. The summed E-state index contributed by atoms with van der Waals surface area (Å²) in [6.07, 6.45) is 2.59. The van der Waals surface area contributed by atoms with Gasteiger partial charge in [0.15, 0.2) is 0 Å². The van der Waals surface area contributed by atoms with E-state index in [4.69, 9.17) is 4.42 Å². The minimum absolute atomic E-state index is 0.128. The maximum Gasteiger partial charge on any atom is 0.299 e. The number of rotatable bonds is 3. The lowest BCUT2D eigenvalue weighted by Crippen LogP contribution is -2.37. The van der Waals surface area contributed by atoms with Crippen molar-refractivity contribution in [3.63, 3.8) is 0 Å². The van der Waals surface area contributed by atoms with Crippen LogP contribution in [0, 0.1) is 0 Å². The van der Waals surface area contributed by atoms with Gasteiger partial charge in [-0.2, -0.15) is 4.98 Å². The third-order valence-electron chi connectivity index (χ3n) is 4.90. The maximum atomic E-state index is 12.9. The molecule has 6 nitrogen and oxygen atoms in total. The molecule has 1 aromatic carbocycles. The van der Waals surface area contributed by atoms with Gasteiger partial charge in [-0.15, -0.1) is 0 Å². The molecule has 1 aliphatic heterocycles. The number of hydrogen-bond acceptors (Lipinski definition) is 5. The Kier molecular flexibility index (Phi) is 4.56. The topological polar surface area (TPSA) is 62.5 Å². The summed E-state index contributed by atoms with van der Waals surface area (Å²) >= 11 is 0. The van der Waals surface area contributed by atoms with Crippen LogP contribution in [0.25, 0.3) is 11.2 Å². The lowest BCUT2D eigenvalue weighted by atomic mass is 10.00. The number of aromatic nitrogens is 2. The summed E-state index contributed by atoms with van der Waals surface area (Å²) in [6, 6.07) is 14.3. The minimum atomic E-state index is -0.128. The SMILES string of the molecule is CC(C(=O)N1CCCN(c2nc3cccnc3o2)CC1)c1ccccc1. The molecule has 1 aliphatic rings. The summed E-state index contributed by atoms with van der Waals surface area (Å²) < 4.78 is 5.78. The molecule has 134 valence electrons. The van der Waals surface area contributed by atoms with Gasteiger partial charge in [-0.1, -0.05) is 30.3 Å². The van der Waals surface area contributed by atoms with Gasteiger partial charge in [0.1, 0.15) is 5.52 Å². The molecule has 3 aromatic rings. The largest absolute Gasteiger partial charge is 0.404 e. The Morgan fingerprint density at radius 2 is 1.92 bits per heavy atom. The molecule has 3 heterocycles. The van der Waals surface area contributed by atoms with Gasteiger partial charge >= 0.3 is 0 Å². The van der Waals surface area contributed by atoms with E-state index in [9.17, 15) is 4.79 Å². The fourth-order valence-corrected chi connectivity index (χ4v) is 3.38. The first-order valence-corrected chi connectivity index (χ1v) is 9.02. The molecule has 1 atom stereocenters. The van der Waals surface area contributed by atoms with Crippen molar-refractivity contribution in [3.8, 4) is 0 Å². The molecule has 0 aliphatic carbocycles. The Morgan fingerprint density at radius 1 is 1.08 bits per heavy atom. The monoisotopic (exact) mass is 350 g/mol. The lowest BCUT2D eigenvalue weighted by Gasteiger charge is -2.24. The molecule has 2 aromatic heterocycles. The molecule has 1 unspecified atom stereocenters. The first-order chi connectivity index (χ1) is 12.7. The fraction of sp³-hybridized carbons (Fsp3) is 0.350. The van der Waals surface area contributed by atoms with Gasteiger partial charge in [0.25, 0.3) is 6.01 Å². The Hall–Kier alpha value is -2.89. The molecule has 0 bridgehead atoms. The summed E-state index contributed by atoms with van der Waals surface area (Å²) in [6.45, 7) is 4.93. The van der Waals surface area contributed by atoms with Gasteiger partial charge < -0.3 is 14.2 Å². The number of amides is 1. The smallest absolute Gasteiger partial charge is 0.299 e. The van der Waals surface area contributed by atoms with Crippen molar-refractivity contribution in [1.82, 2.24) is 14.9 Å². The Balaban J connectivity index is 1.45. The molecule has 0 saturated carbocycles. The van der Waals surface area contributed by atoms with E-state index in [0.29, 0.717) is 24.8 Å². The molecule has 6 heteroatoms. The highest BCUT2D eigenvalue weighted by atomic mass is 16.4. The van der Waals surface area contributed by atoms with Crippen LogP contribution < -0.4 is 4.90 Å². The predicted octanol–water partition coefficient (Wildman–Crippen LogP) is 3.07. The molecule has 0 spiro atoms. The van der Waals surface area contributed by atoms with Crippen molar-refractivity contribution in [2.45, 2.75) is 19.3 Å². The maximum absolute atomic E-state index is 12.9. The number of oxazole rings is 1. The van der Waals surface area contributed by atoms with E-state index < -0.39 is 0 Å². The van der Waals surface area contributed by atoms with Crippen LogP contribution >= 0.6 is 0 Å². The molecular weight excluding hydrogens is 328 g/mol. The van der Waals surface area contributed by atoms with Crippen LogP contribution in [0.1, 0.15) is 24.8 Å². The van der Waals surface area contributed by atoms with E-state index in [1.54, 1.807) is 6.20 Å². The van der Waals surface area contributed by atoms with E-state index in [0.717, 1.165) is 30.6 Å². The van der Waals surface area contributed by atoms with Crippen LogP contribution in [0.2, 0.25) is 0 Å². The first kappa shape index (κ1) is 16.6. The van der Waals surface area contributed by atoms with Gasteiger partial charge in [-0.05, 0) is 31.0 Å². The third-order valence-corrected chi connectivity index (χ3v) is 4.90. The van der Waals surface area contributed by atoms with Gasteiger partial charge in [-0.25, -0.2) is 4.98 Å². The van der Waals surface area contributed by atoms with Crippen LogP contribution in [0.3, 0.4) is 0 Å². The number of anilines is 1. The van der Waals surface area contributed by atoms with Gasteiger partial charge in [0.05, 0.1) is 5.92 Å². The zero-order valence-corrected chi connectivity index (χ0v) is 14.8. The lowest BCUT2D eigenvalue weighted by molar-refractivity contribution is -0.132. The average molecular weight is 350 g/mol. The van der Waals surface area contributed by atoms with Gasteiger partial charge in [0, 0.05) is 32.4 Å². The number of carbonyl (C=O) groups is 1. The zero-order valence-electron chi connectivity index (χ0n) is 14.8. The van der Waals surface area contributed by atoms with Gasteiger partial charge in [-0.3, -0.25) is 4.79 Å². The number of benzene rings is 1. The second kappa shape index (κ2) is 7.15. The molecule has 1 fully saturated rings. The normalized spacial score (nSPS) is 16.5. The fourth-order valence-electron chi connectivity index (χ4n) is 3.38. The number of nitrogens with zero attached hydrogens (tertiary/aromatic N) is 4. The molecule has 0 radical (unpaired) electrons. The number of fused-ring (bicyclic) bond motifs is 1. The molecule has 0 N–H and O–H groups in total. The summed E-state index contributed by atoms with van der Waals surface area (Å²) in [5.41, 5.74) is 2.37. The summed E-state index contributed by atoms with van der Waals surface area (Å²) in [7, 11) is 0. The molecule has 1 saturated heterocycles. The average Bonchev–Trinajstić information content (AvgIpc) is 2.97. The van der Waals surface area contributed by atoms with Gasteiger partial charge in [0.2, 0.25) is 11.6 Å². The molecule has 1 amide bonds. The van der Waals surface area contributed by atoms with E-state index in [1.165, 1.54) is 0 Å². The highest BCUT2D eigenvalue weighted by Gasteiger charge is 2.25. The number of hydrogen-bond donors (Lipinski definition) is 0. The zero-order chi connectivity index (χ0) is 17.9. The second-order valence-electron chi connectivity index (χ2n) is 6.62. The van der Waals surface area contributed by atoms with Crippen molar-refractivity contribution < 1.29 is 9.21 Å². The summed E-state index contributed by atoms with van der Waals surface area (Å²) in [5, 5.41) is 0. The molecule has 26 heavy (non-hydrogen) atoms. The van der Waals surface area contributed by atoms with Crippen LogP contribution in [0.5, 0.6) is 0 Å². The molecule has 4 rings (SSSR count). The van der Waals surface area contributed by atoms with Crippen LogP contribution in [-0.2, 0) is 4.79 Å². The third kappa shape index (κ3) is 3.27. The van der Waals surface area contributed by atoms with Crippen molar-refractivity contribution in [3.05, 3.63) is 54.2 Å². The minimum Gasteiger partial charge on any atom is -0.404 e. The summed E-state index contributed by atoms with van der Waals surface area (Å²) in [5.74, 6) is 0.0496. The van der Waals surface area contributed by atoms with Crippen molar-refractivity contribution >= 4 is 23.2 Å². The Morgan fingerprint density at radius 3 is 2.73 bits per heavy atom. The second-order valence-corrected chi connectivity index (χ2v) is 6.62. The number of carbonyl (C=O) groups excluding carboxylic acids is 1. The Labute approximate surface area is 152 Å². The summed E-state index contributed by atoms with van der Waals surface area (Å²) in [4.78, 5) is 25.7. The highest BCUT2D eigenvalue weighted by molar-refractivity contribution is 5.83. The van der Waals surface area contributed by atoms with E-state index in [1.807, 2.05) is 54.3 Å². The molecular formula is C20H22N4O2.